The Balaban J connectivity index is 2.71. The Labute approximate surface area is 92.7 Å². The quantitative estimate of drug-likeness (QED) is 0.540. The van der Waals surface area contributed by atoms with E-state index in [4.69, 9.17) is 20.6 Å². The largest absolute Gasteiger partial charge is 0.493 e. The average molecular weight is 219 g/mol. The predicted molar refractivity (Wildman–Crippen MR) is 62.4 cm³/mol. The van der Waals surface area contributed by atoms with E-state index in [0.717, 1.165) is 10.9 Å². The number of hydrogen-bond acceptors (Lipinski definition) is 3. The summed E-state index contributed by atoms with van der Waals surface area (Å²) in [6.45, 7) is 0. The summed E-state index contributed by atoms with van der Waals surface area (Å²) in [6.07, 6.45) is 1.70. The van der Waals surface area contributed by atoms with Crippen LogP contribution >= 0.6 is 0 Å². The summed E-state index contributed by atoms with van der Waals surface area (Å²) in [7, 11) is 3.16. The van der Waals surface area contributed by atoms with E-state index < -0.39 is 0 Å². The number of fused-ring (bicyclic) bond motifs is 1. The van der Waals surface area contributed by atoms with Crippen molar-refractivity contribution in [3.8, 4) is 11.5 Å². The van der Waals surface area contributed by atoms with Crippen LogP contribution in [0.2, 0.25) is 0 Å². The molecule has 2 aromatic rings. The SMILES string of the molecule is COc1cc2[nH]cc(C(=N)N)c2cc1OC. The number of H-pyrrole nitrogens is 1. The molecule has 0 radical (unpaired) electrons. The fourth-order valence-corrected chi connectivity index (χ4v) is 1.67. The van der Waals surface area contributed by atoms with Crippen LogP contribution in [0.3, 0.4) is 0 Å². The van der Waals surface area contributed by atoms with Crippen LogP contribution in [0.15, 0.2) is 18.3 Å². The van der Waals surface area contributed by atoms with E-state index in [-0.39, 0.29) is 5.84 Å². The van der Waals surface area contributed by atoms with Gasteiger partial charge in [0.25, 0.3) is 0 Å². The average Bonchev–Trinajstić information content (AvgIpc) is 2.69. The number of aromatic amines is 1. The molecule has 0 saturated carbocycles. The third-order valence-electron chi connectivity index (χ3n) is 2.48. The summed E-state index contributed by atoms with van der Waals surface area (Å²) in [5.41, 5.74) is 7.00. The predicted octanol–water partition coefficient (Wildman–Crippen LogP) is 1.47. The molecular formula is C11H13N3O2. The maximum atomic E-state index is 7.45. The second kappa shape index (κ2) is 3.77. The van der Waals surface area contributed by atoms with Crippen LogP contribution in [0.4, 0.5) is 0 Å². The van der Waals surface area contributed by atoms with Crippen molar-refractivity contribution < 1.29 is 9.47 Å². The third-order valence-corrected chi connectivity index (χ3v) is 2.48. The molecule has 1 heterocycles. The standard InChI is InChI=1S/C11H13N3O2/c1-15-9-3-6-7(11(12)13)5-14-8(6)4-10(9)16-2/h3-5,14H,1-2H3,(H3,12,13). The fourth-order valence-electron chi connectivity index (χ4n) is 1.67. The van der Waals surface area contributed by atoms with E-state index in [9.17, 15) is 0 Å². The normalized spacial score (nSPS) is 10.4. The lowest BCUT2D eigenvalue weighted by atomic mass is 10.1. The Kier molecular flexibility index (Phi) is 2.44. The molecule has 16 heavy (non-hydrogen) atoms. The second-order valence-corrected chi connectivity index (χ2v) is 3.37. The summed E-state index contributed by atoms with van der Waals surface area (Å²) in [5, 5.41) is 8.30. The molecule has 5 heteroatoms. The highest BCUT2D eigenvalue weighted by Crippen LogP contribution is 2.33. The van der Waals surface area contributed by atoms with Crippen molar-refractivity contribution in [1.82, 2.24) is 4.98 Å². The molecule has 5 nitrogen and oxygen atoms in total. The van der Waals surface area contributed by atoms with Crippen LogP contribution < -0.4 is 15.2 Å². The van der Waals surface area contributed by atoms with E-state index in [1.807, 2.05) is 6.07 Å². The molecule has 0 saturated heterocycles. The molecule has 0 spiro atoms. The highest BCUT2D eigenvalue weighted by atomic mass is 16.5. The first-order valence-electron chi connectivity index (χ1n) is 4.75. The maximum absolute atomic E-state index is 7.45. The van der Waals surface area contributed by atoms with E-state index in [1.54, 1.807) is 26.5 Å². The molecule has 0 aliphatic carbocycles. The molecule has 0 fully saturated rings. The molecule has 4 N–H and O–H groups in total. The van der Waals surface area contributed by atoms with E-state index >= 15 is 0 Å². The number of amidine groups is 1. The lowest BCUT2D eigenvalue weighted by Gasteiger charge is -2.07. The molecule has 0 aliphatic heterocycles. The van der Waals surface area contributed by atoms with Crippen molar-refractivity contribution in [3.63, 3.8) is 0 Å². The fraction of sp³-hybridized carbons (Fsp3) is 0.182. The number of nitrogens with two attached hydrogens (primary N) is 1. The van der Waals surface area contributed by atoms with Gasteiger partial charge in [-0.3, -0.25) is 5.41 Å². The minimum atomic E-state index is 0.0264. The van der Waals surface area contributed by atoms with Gasteiger partial charge < -0.3 is 20.2 Å². The first-order valence-corrected chi connectivity index (χ1v) is 4.75. The number of hydrogen-bond donors (Lipinski definition) is 3. The third kappa shape index (κ3) is 1.46. The number of aromatic nitrogens is 1. The molecule has 0 aliphatic rings. The van der Waals surface area contributed by atoms with Crippen LogP contribution in [-0.2, 0) is 0 Å². The minimum Gasteiger partial charge on any atom is -0.493 e. The van der Waals surface area contributed by atoms with Crippen LogP contribution in [0, 0.1) is 5.41 Å². The summed E-state index contributed by atoms with van der Waals surface area (Å²) in [5.74, 6) is 1.29. The van der Waals surface area contributed by atoms with Crippen LogP contribution in [-0.4, -0.2) is 25.0 Å². The van der Waals surface area contributed by atoms with Gasteiger partial charge in [-0.2, -0.15) is 0 Å². The van der Waals surface area contributed by atoms with Crippen molar-refractivity contribution in [2.24, 2.45) is 5.73 Å². The highest BCUT2D eigenvalue weighted by Gasteiger charge is 2.11. The molecule has 1 aromatic heterocycles. The van der Waals surface area contributed by atoms with Gasteiger partial charge >= 0.3 is 0 Å². The Morgan fingerprint density at radius 3 is 2.44 bits per heavy atom. The lowest BCUT2D eigenvalue weighted by molar-refractivity contribution is 0.356. The van der Waals surface area contributed by atoms with Gasteiger partial charge in [-0.25, -0.2) is 0 Å². The maximum Gasteiger partial charge on any atom is 0.162 e. The number of benzene rings is 1. The van der Waals surface area contributed by atoms with Gasteiger partial charge in [-0.05, 0) is 6.07 Å². The van der Waals surface area contributed by atoms with Gasteiger partial charge in [-0.15, -0.1) is 0 Å². The summed E-state index contributed by atoms with van der Waals surface area (Å²) >= 11 is 0. The van der Waals surface area contributed by atoms with Crippen molar-refractivity contribution in [2.45, 2.75) is 0 Å². The number of nitrogens with one attached hydrogen (secondary N) is 2. The lowest BCUT2D eigenvalue weighted by Crippen LogP contribution is -2.09. The van der Waals surface area contributed by atoms with Gasteiger partial charge in [0.15, 0.2) is 11.5 Å². The van der Waals surface area contributed by atoms with Gasteiger partial charge in [-0.1, -0.05) is 0 Å². The molecule has 0 atom stereocenters. The molecule has 0 amide bonds. The van der Waals surface area contributed by atoms with Crippen molar-refractivity contribution in [2.75, 3.05) is 14.2 Å². The molecular weight excluding hydrogens is 206 g/mol. The first kappa shape index (κ1) is 10.4. The van der Waals surface area contributed by atoms with E-state index in [2.05, 4.69) is 4.98 Å². The molecule has 1 aromatic carbocycles. The van der Waals surface area contributed by atoms with Crippen LogP contribution in [0.1, 0.15) is 5.56 Å². The summed E-state index contributed by atoms with van der Waals surface area (Å²) < 4.78 is 10.4. The molecule has 0 bridgehead atoms. The van der Waals surface area contributed by atoms with Crippen molar-refractivity contribution in [3.05, 3.63) is 23.9 Å². The molecule has 84 valence electrons. The minimum absolute atomic E-state index is 0.0264. The van der Waals surface area contributed by atoms with Crippen molar-refractivity contribution >= 4 is 16.7 Å². The second-order valence-electron chi connectivity index (χ2n) is 3.37. The zero-order chi connectivity index (χ0) is 11.7. The Bertz CT molecular complexity index is 545. The van der Waals surface area contributed by atoms with Crippen LogP contribution in [0.25, 0.3) is 10.9 Å². The Morgan fingerprint density at radius 1 is 1.25 bits per heavy atom. The zero-order valence-electron chi connectivity index (χ0n) is 9.13. The monoisotopic (exact) mass is 219 g/mol. The van der Waals surface area contributed by atoms with Crippen LogP contribution in [0.5, 0.6) is 11.5 Å². The van der Waals surface area contributed by atoms with Gasteiger partial charge in [0.2, 0.25) is 0 Å². The summed E-state index contributed by atoms with van der Waals surface area (Å²) in [6, 6.07) is 3.63. The Hall–Kier alpha value is -2.17. The van der Waals surface area contributed by atoms with Gasteiger partial charge in [0, 0.05) is 23.2 Å². The zero-order valence-corrected chi connectivity index (χ0v) is 9.13. The summed E-state index contributed by atoms with van der Waals surface area (Å²) in [4.78, 5) is 3.04. The smallest absolute Gasteiger partial charge is 0.162 e. The Morgan fingerprint density at radius 2 is 1.88 bits per heavy atom. The van der Waals surface area contributed by atoms with E-state index in [0.29, 0.717) is 17.1 Å². The number of nitrogen functional groups attached to an aromatic ring is 1. The van der Waals surface area contributed by atoms with Gasteiger partial charge in [0.1, 0.15) is 5.84 Å². The topological polar surface area (TPSA) is 84.1 Å². The van der Waals surface area contributed by atoms with Gasteiger partial charge in [0.05, 0.1) is 19.7 Å². The van der Waals surface area contributed by atoms with Crippen molar-refractivity contribution in [1.29, 1.82) is 5.41 Å². The number of ether oxygens (including phenoxy) is 2. The number of rotatable bonds is 3. The number of methoxy groups -OCH3 is 2. The highest BCUT2D eigenvalue weighted by molar-refractivity contribution is 6.07. The molecule has 0 unspecified atom stereocenters. The molecule has 2 rings (SSSR count). The van der Waals surface area contributed by atoms with E-state index in [1.165, 1.54) is 0 Å². The first-order chi connectivity index (χ1) is 7.67.